The average Bonchev–Trinajstić information content (AvgIpc) is 2.80. The lowest BCUT2D eigenvalue weighted by molar-refractivity contribution is 0.441. The molecule has 3 aromatic heterocycles. The Morgan fingerprint density at radius 1 is 0.788 bits per heavy atom. The van der Waals surface area contributed by atoms with Gasteiger partial charge >= 0.3 is 11.3 Å². The summed E-state index contributed by atoms with van der Waals surface area (Å²) in [6.07, 6.45) is 2.97. The molecule has 0 aliphatic heterocycles. The smallest absolute Gasteiger partial charge is 0.344 e. The highest BCUT2D eigenvalue weighted by molar-refractivity contribution is 9.10. The van der Waals surface area contributed by atoms with Crippen LogP contribution >= 0.6 is 31.9 Å². The highest BCUT2D eigenvalue weighted by atomic mass is 79.9. The fourth-order valence-corrected chi connectivity index (χ4v) is 4.60. The lowest BCUT2D eigenvalue weighted by atomic mass is 9.85. The van der Waals surface area contributed by atoms with Crippen LogP contribution in [0.25, 0.3) is 21.9 Å². The number of aromatic hydroxyl groups is 2. The molecule has 0 spiro atoms. The minimum atomic E-state index is -1.21. The predicted octanol–water partition coefficient (Wildman–Crippen LogP) is 5.41. The second-order valence-corrected chi connectivity index (χ2v) is 9.14. The first-order valence-electron chi connectivity index (χ1n) is 9.65. The lowest BCUT2D eigenvalue weighted by Gasteiger charge is -2.19. The van der Waals surface area contributed by atoms with E-state index in [9.17, 15) is 19.8 Å². The van der Waals surface area contributed by atoms with Gasteiger partial charge in [-0.3, -0.25) is 4.98 Å². The van der Waals surface area contributed by atoms with Gasteiger partial charge in [0, 0.05) is 21.3 Å². The van der Waals surface area contributed by atoms with E-state index in [1.165, 1.54) is 12.4 Å². The molecule has 0 aliphatic carbocycles. The van der Waals surface area contributed by atoms with Gasteiger partial charge in [0.2, 0.25) is 0 Å². The van der Waals surface area contributed by atoms with E-state index < -0.39 is 17.2 Å². The number of halogens is 2. The number of benzene rings is 2. The minimum Gasteiger partial charge on any atom is -0.507 e. The van der Waals surface area contributed by atoms with Crippen LogP contribution in [-0.4, -0.2) is 15.2 Å². The minimum absolute atomic E-state index is 0.174. The largest absolute Gasteiger partial charge is 0.507 e. The quantitative estimate of drug-likeness (QED) is 0.279. The molecule has 0 fully saturated rings. The Labute approximate surface area is 202 Å². The fourth-order valence-electron chi connectivity index (χ4n) is 3.88. The molecule has 3 heterocycles. The van der Waals surface area contributed by atoms with Crippen molar-refractivity contribution in [3.05, 3.63) is 107 Å². The third-order valence-electron chi connectivity index (χ3n) is 5.34. The van der Waals surface area contributed by atoms with Crippen molar-refractivity contribution in [3.63, 3.8) is 0 Å². The van der Waals surface area contributed by atoms with E-state index in [0.717, 1.165) is 0 Å². The monoisotopic (exact) mass is 569 g/mol. The van der Waals surface area contributed by atoms with E-state index in [1.807, 2.05) is 0 Å². The van der Waals surface area contributed by atoms with Gasteiger partial charge in [-0.2, -0.15) is 0 Å². The molecule has 33 heavy (non-hydrogen) atoms. The van der Waals surface area contributed by atoms with E-state index >= 15 is 0 Å². The predicted molar refractivity (Wildman–Crippen MR) is 129 cm³/mol. The molecule has 0 bridgehead atoms. The van der Waals surface area contributed by atoms with Crippen LogP contribution in [0.3, 0.4) is 0 Å². The number of hydrogen-bond donors (Lipinski definition) is 2. The zero-order valence-corrected chi connectivity index (χ0v) is 19.8. The third-order valence-corrected chi connectivity index (χ3v) is 6.33. The number of fused-ring (bicyclic) bond motifs is 2. The average molecular weight is 571 g/mol. The highest BCUT2D eigenvalue weighted by Gasteiger charge is 2.32. The standard InChI is InChI=1S/C24H13Br2NO6/c25-12-3-5-16-14(8-12)21(28)19(23(30)32-16)18(11-2-1-7-27-10-11)20-22(29)15-9-13(26)4-6-17(15)33-24(20)31/h1-10,18,28-29H. The van der Waals surface area contributed by atoms with Gasteiger partial charge < -0.3 is 19.0 Å². The molecule has 5 rings (SSSR count). The van der Waals surface area contributed by atoms with Crippen molar-refractivity contribution in [3.8, 4) is 11.5 Å². The molecule has 0 atom stereocenters. The SMILES string of the molecule is O=c1oc2ccc(Br)cc2c(O)c1C(c1cccnc1)c1c(O)c2cc(Br)ccc2oc1=O. The van der Waals surface area contributed by atoms with E-state index in [0.29, 0.717) is 14.5 Å². The zero-order chi connectivity index (χ0) is 23.3. The molecule has 2 aromatic carbocycles. The van der Waals surface area contributed by atoms with Crippen molar-refractivity contribution in [1.29, 1.82) is 0 Å². The fraction of sp³-hybridized carbons (Fsp3) is 0.0417. The van der Waals surface area contributed by atoms with Crippen LogP contribution in [0.5, 0.6) is 11.5 Å². The summed E-state index contributed by atoms with van der Waals surface area (Å²) in [5, 5.41) is 22.9. The summed E-state index contributed by atoms with van der Waals surface area (Å²) in [6, 6.07) is 12.9. The molecular formula is C24H13Br2NO6. The van der Waals surface area contributed by atoms with Crippen LogP contribution in [0.15, 0.2) is 88.3 Å². The van der Waals surface area contributed by atoms with E-state index in [1.54, 1.807) is 48.5 Å². The summed E-state index contributed by atoms with van der Waals surface area (Å²) in [5.74, 6) is -1.95. The van der Waals surface area contributed by atoms with Gasteiger partial charge in [0.05, 0.1) is 27.8 Å². The lowest BCUT2D eigenvalue weighted by Crippen LogP contribution is -2.21. The van der Waals surface area contributed by atoms with E-state index in [4.69, 9.17) is 8.83 Å². The molecule has 0 aliphatic rings. The van der Waals surface area contributed by atoms with Gasteiger partial charge in [0.25, 0.3) is 0 Å². The number of pyridine rings is 1. The van der Waals surface area contributed by atoms with Crippen LogP contribution in [-0.2, 0) is 0 Å². The first kappa shape index (κ1) is 21.4. The Kier molecular flexibility index (Phi) is 5.30. The van der Waals surface area contributed by atoms with Gasteiger partial charge in [0.15, 0.2) is 0 Å². The molecule has 9 heteroatoms. The molecule has 0 saturated heterocycles. The van der Waals surface area contributed by atoms with Crippen molar-refractivity contribution in [2.45, 2.75) is 5.92 Å². The van der Waals surface area contributed by atoms with E-state index in [-0.39, 0.29) is 44.6 Å². The molecule has 5 aromatic rings. The summed E-state index contributed by atoms with van der Waals surface area (Å²) in [5.41, 5.74) is -1.42. The molecule has 0 amide bonds. The third kappa shape index (κ3) is 3.63. The molecule has 7 nitrogen and oxygen atoms in total. The van der Waals surface area contributed by atoms with Gasteiger partial charge in [-0.05, 0) is 48.0 Å². The number of rotatable bonds is 3. The van der Waals surface area contributed by atoms with Crippen molar-refractivity contribution < 1.29 is 19.0 Å². The maximum absolute atomic E-state index is 13.1. The molecule has 164 valence electrons. The molecule has 0 unspecified atom stereocenters. The van der Waals surface area contributed by atoms with Gasteiger partial charge in [-0.1, -0.05) is 37.9 Å². The summed E-state index contributed by atoms with van der Waals surface area (Å²) >= 11 is 6.69. The molecule has 0 saturated carbocycles. The number of nitrogens with zero attached hydrogens (tertiary/aromatic N) is 1. The summed E-state index contributed by atoms with van der Waals surface area (Å²) in [4.78, 5) is 30.3. The topological polar surface area (TPSA) is 114 Å². The van der Waals surface area contributed by atoms with Crippen molar-refractivity contribution in [1.82, 2.24) is 4.98 Å². The van der Waals surface area contributed by atoms with Crippen LogP contribution in [0.1, 0.15) is 22.6 Å². The van der Waals surface area contributed by atoms with Crippen LogP contribution < -0.4 is 11.3 Å². The maximum atomic E-state index is 13.1. The first-order valence-corrected chi connectivity index (χ1v) is 11.2. The Hall–Kier alpha value is -3.43. The molecular weight excluding hydrogens is 558 g/mol. The van der Waals surface area contributed by atoms with Gasteiger partial charge in [-0.15, -0.1) is 0 Å². The zero-order valence-electron chi connectivity index (χ0n) is 16.6. The van der Waals surface area contributed by atoms with Crippen LogP contribution in [0.4, 0.5) is 0 Å². The van der Waals surface area contributed by atoms with E-state index in [2.05, 4.69) is 36.8 Å². The Balaban J connectivity index is 1.91. The van der Waals surface area contributed by atoms with Crippen LogP contribution in [0, 0.1) is 0 Å². The number of hydrogen-bond acceptors (Lipinski definition) is 7. The van der Waals surface area contributed by atoms with Crippen LogP contribution in [0.2, 0.25) is 0 Å². The maximum Gasteiger partial charge on any atom is 0.344 e. The van der Waals surface area contributed by atoms with Gasteiger partial charge in [0.1, 0.15) is 22.7 Å². The second-order valence-electron chi connectivity index (χ2n) is 7.30. The normalized spacial score (nSPS) is 11.5. The Morgan fingerprint density at radius 3 is 1.76 bits per heavy atom. The second kappa shape index (κ2) is 8.17. The highest BCUT2D eigenvalue weighted by Crippen LogP contribution is 2.42. The molecule has 0 radical (unpaired) electrons. The van der Waals surface area contributed by atoms with Gasteiger partial charge in [-0.25, -0.2) is 9.59 Å². The van der Waals surface area contributed by atoms with Crippen molar-refractivity contribution >= 4 is 53.8 Å². The summed E-state index contributed by atoms with van der Waals surface area (Å²) in [6.45, 7) is 0. The van der Waals surface area contributed by atoms with Crippen molar-refractivity contribution in [2.75, 3.05) is 0 Å². The van der Waals surface area contributed by atoms with Crippen molar-refractivity contribution in [2.24, 2.45) is 0 Å². The number of aromatic nitrogens is 1. The summed E-state index contributed by atoms with van der Waals surface area (Å²) < 4.78 is 12.2. The summed E-state index contributed by atoms with van der Waals surface area (Å²) in [7, 11) is 0. The Bertz CT molecular complexity index is 1550. The first-order chi connectivity index (χ1) is 15.8. The molecule has 2 N–H and O–H groups in total. The Morgan fingerprint density at radius 2 is 1.30 bits per heavy atom.